The third kappa shape index (κ3) is 16.0. The highest BCUT2D eigenvalue weighted by Crippen LogP contribution is 2.11. The van der Waals surface area contributed by atoms with Gasteiger partial charge in [-0.3, -0.25) is 19.2 Å². The van der Waals surface area contributed by atoms with E-state index in [1.54, 1.807) is 0 Å². The van der Waals surface area contributed by atoms with E-state index in [0.29, 0.717) is 65.0 Å². The molecule has 160 valence electrons. The highest BCUT2D eigenvalue weighted by molar-refractivity contribution is 5.70. The van der Waals surface area contributed by atoms with E-state index in [-0.39, 0.29) is 37.0 Å². The van der Waals surface area contributed by atoms with Gasteiger partial charge >= 0.3 is 23.9 Å². The number of hydrogen-bond acceptors (Lipinski definition) is 8. The van der Waals surface area contributed by atoms with Crippen LogP contribution in [0.3, 0.4) is 0 Å². The third-order valence-corrected chi connectivity index (χ3v) is 3.71. The van der Waals surface area contributed by atoms with E-state index >= 15 is 0 Å². The van der Waals surface area contributed by atoms with E-state index in [1.807, 2.05) is 0 Å². The normalized spacial score (nSPS) is 19.0. The van der Waals surface area contributed by atoms with Crippen molar-refractivity contribution >= 4 is 23.9 Å². The highest BCUT2D eigenvalue weighted by atomic mass is 16.6. The maximum absolute atomic E-state index is 11.2. The topological polar surface area (TPSA) is 152 Å². The minimum atomic E-state index is -0.870. The van der Waals surface area contributed by atoms with Crippen LogP contribution in [0.1, 0.15) is 51.4 Å². The Bertz CT molecular complexity index is 464. The third-order valence-electron chi connectivity index (χ3n) is 3.71. The molecule has 0 spiro atoms. The Hall–Kier alpha value is -2.20. The number of hydrogen-bond donors (Lipinski definition) is 2. The number of carboxylic acid groups (broad SMARTS) is 2. The summed E-state index contributed by atoms with van der Waals surface area (Å²) in [5, 5.41) is 16.3. The molecule has 0 saturated carbocycles. The van der Waals surface area contributed by atoms with Crippen molar-refractivity contribution in [2.24, 2.45) is 0 Å². The minimum Gasteiger partial charge on any atom is -0.481 e. The maximum Gasteiger partial charge on any atom is 0.305 e. The van der Waals surface area contributed by atoms with Gasteiger partial charge in [-0.1, -0.05) is 0 Å². The largest absolute Gasteiger partial charge is 0.481 e. The Morgan fingerprint density at radius 3 is 1.29 bits per heavy atom. The second-order valence-corrected chi connectivity index (χ2v) is 6.48. The first kappa shape index (κ1) is 23.8. The van der Waals surface area contributed by atoms with Gasteiger partial charge in [-0.05, 0) is 25.7 Å². The van der Waals surface area contributed by atoms with Crippen LogP contribution >= 0.6 is 0 Å². The standard InChI is InChI=1S/C12H18O6.C6H10O4/c13-11(17-7-9-5-15-9)3-1-2-4-12(14)18-8-10-6-16-10;7-5(8)3-1-2-4-6(9)10/h9-10H,1-8H2;1-4H2,(H,7,8)(H,9,10). The van der Waals surface area contributed by atoms with E-state index in [2.05, 4.69) is 0 Å². The van der Waals surface area contributed by atoms with Crippen LogP contribution in [0.2, 0.25) is 0 Å². The van der Waals surface area contributed by atoms with Gasteiger partial charge in [-0.15, -0.1) is 0 Å². The van der Waals surface area contributed by atoms with Crippen LogP contribution in [0.15, 0.2) is 0 Å². The summed E-state index contributed by atoms with van der Waals surface area (Å²) < 4.78 is 19.8. The van der Waals surface area contributed by atoms with Crippen molar-refractivity contribution in [2.45, 2.75) is 63.6 Å². The van der Waals surface area contributed by atoms with Crippen molar-refractivity contribution in [1.29, 1.82) is 0 Å². The van der Waals surface area contributed by atoms with E-state index in [0.717, 1.165) is 0 Å². The molecule has 0 amide bonds. The summed E-state index contributed by atoms with van der Waals surface area (Å²) in [7, 11) is 0. The predicted molar refractivity (Wildman–Crippen MR) is 93.6 cm³/mol. The second-order valence-electron chi connectivity index (χ2n) is 6.48. The molecular weight excluding hydrogens is 376 g/mol. The number of carbonyl (C=O) groups is 4. The van der Waals surface area contributed by atoms with Gasteiger partial charge in [0.05, 0.1) is 13.2 Å². The summed E-state index contributed by atoms with van der Waals surface area (Å²) in [6.07, 6.45) is 3.18. The Morgan fingerprint density at radius 1 is 0.679 bits per heavy atom. The molecule has 10 nitrogen and oxygen atoms in total. The molecule has 10 heteroatoms. The van der Waals surface area contributed by atoms with Crippen LogP contribution < -0.4 is 0 Å². The lowest BCUT2D eigenvalue weighted by Crippen LogP contribution is -2.11. The Labute approximate surface area is 163 Å². The fraction of sp³-hybridized carbons (Fsp3) is 0.778. The molecule has 2 rings (SSSR count). The monoisotopic (exact) mass is 404 g/mol. The molecule has 2 unspecified atom stereocenters. The fourth-order valence-electron chi connectivity index (χ4n) is 1.94. The lowest BCUT2D eigenvalue weighted by atomic mass is 10.2. The summed E-state index contributed by atoms with van der Waals surface area (Å²) in [5.41, 5.74) is 0. The van der Waals surface area contributed by atoms with Crippen molar-refractivity contribution in [3.05, 3.63) is 0 Å². The zero-order chi connectivity index (χ0) is 20.8. The van der Waals surface area contributed by atoms with E-state index in [1.165, 1.54) is 0 Å². The number of epoxide rings is 2. The molecule has 0 radical (unpaired) electrons. The lowest BCUT2D eigenvalue weighted by molar-refractivity contribution is -0.146. The number of aliphatic carboxylic acids is 2. The van der Waals surface area contributed by atoms with Crippen LogP contribution in [0, 0.1) is 0 Å². The molecule has 2 fully saturated rings. The first-order valence-corrected chi connectivity index (χ1v) is 9.35. The van der Waals surface area contributed by atoms with Gasteiger partial charge in [-0.2, -0.15) is 0 Å². The van der Waals surface area contributed by atoms with Crippen molar-refractivity contribution in [2.75, 3.05) is 26.4 Å². The van der Waals surface area contributed by atoms with Crippen molar-refractivity contribution in [3.63, 3.8) is 0 Å². The van der Waals surface area contributed by atoms with Crippen LogP contribution in [0.4, 0.5) is 0 Å². The van der Waals surface area contributed by atoms with Crippen LogP contribution in [0.25, 0.3) is 0 Å². The highest BCUT2D eigenvalue weighted by Gasteiger charge is 2.24. The SMILES string of the molecule is O=C(CCCCC(=O)OCC1CO1)OCC1CO1.O=C(O)CCCCC(=O)O. The zero-order valence-electron chi connectivity index (χ0n) is 15.8. The van der Waals surface area contributed by atoms with Crippen LogP contribution in [-0.2, 0) is 38.1 Å². The first-order valence-electron chi connectivity index (χ1n) is 9.35. The van der Waals surface area contributed by atoms with Gasteiger partial charge in [0.25, 0.3) is 0 Å². The average Bonchev–Trinajstić information content (AvgIpc) is 3.54. The molecule has 2 atom stereocenters. The molecule has 2 heterocycles. The number of carbonyl (C=O) groups excluding carboxylic acids is 2. The molecule has 0 aromatic rings. The molecule has 2 N–H and O–H groups in total. The predicted octanol–water partition coefficient (Wildman–Crippen LogP) is 1.15. The number of unbranched alkanes of at least 4 members (excludes halogenated alkanes) is 2. The first-order chi connectivity index (χ1) is 13.4. The van der Waals surface area contributed by atoms with Gasteiger partial charge in [0.2, 0.25) is 0 Å². The number of carboxylic acids is 2. The molecule has 0 aliphatic carbocycles. The van der Waals surface area contributed by atoms with Crippen LogP contribution in [-0.4, -0.2) is 72.7 Å². The molecule has 28 heavy (non-hydrogen) atoms. The zero-order valence-corrected chi connectivity index (χ0v) is 15.8. The van der Waals surface area contributed by atoms with Gasteiger partial charge in [0.1, 0.15) is 25.4 Å². The molecule has 2 aliphatic heterocycles. The average molecular weight is 404 g/mol. The number of ether oxygens (including phenoxy) is 4. The molecule has 2 saturated heterocycles. The Kier molecular flexibility index (Phi) is 11.8. The molecule has 2 aliphatic rings. The number of rotatable bonds is 14. The van der Waals surface area contributed by atoms with Crippen molar-refractivity contribution in [1.82, 2.24) is 0 Å². The van der Waals surface area contributed by atoms with E-state index < -0.39 is 11.9 Å². The summed E-state index contributed by atoms with van der Waals surface area (Å²) in [6, 6.07) is 0. The second kappa shape index (κ2) is 13.9. The molecule has 0 bridgehead atoms. The summed E-state index contributed by atoms with van der Waals surface area (Å²) >= 11 is 0. The van der Waals surface area contributed by atoms with Gasteiger partial charge in [-0.25, -0.2) is 0 Å². The lowest BCUT2D eigenvalue weighted by Gasteiger charge is -2.03. The van der Waals surface area contributed by atoms with Crippen molar-refractivity contribution < 1.29 is 48.3 Å². The summed E-state index contributed by atoms with van der Waals surface area (Å²) in [5.74, 6) is -2.20. The molecule has 0 aromatic heterocycles. The number of esters is 2. The van der Waals surface area contributed by atoms with Crippen molar-refractivity contribution in [3.8, 4) is 0 Å². The van der Waals surface area contributed by atoms with Gasteiger partial charge in [0, 0.05) is 25.7 Å². The van der Waals surface area contributed by atoms with Gasteiger partial charge < -0.3 is 29.2 Å². The maximum atomic E-state index is 11.2. The summed E-state index contributed by atoms with van der Waals surface area (Å²) in [6.45, 7) is 2.07. The van der Waals surface area contributed by atoms with E-state index in [4.69, 9.17) is 29.2 Å². The Morgan fingerprint density at radius 2 is 1.00 bits per heavy atom. The minimum absolute atomic E-state index is 0.0628. The fourth-order valence-corrected chi connectivity index (χ4v) is 1.94. The Balaban J connectivity index is 0.000000336. The quantitative estimate of drug-likeness (QED) is 0.245. The smallest absolute Gasteiger partial charge is 0.305 e. The van der Waals surface area contributed by atoms with Gasteiger partial charge in [0.15, 0.2) is 0 Å². The van der Waals surface area contributed by atoms with Crippen LogP contribution in [0.5, 0.6) is 0 Å². The molecular formula is C18H28O10. The summed E-state index contributed by atoms with van der Waals surface area (Å²) in [4.78, 5) is 42.3. The molecule has 0 aromatic carbocycles. The van der Waals surface area contributed by atoms with E-state index in [9.17, 15) is 19.2 Å².